The van der Waals surface area contributed by atoms with Gasteiger partial charge in [-0.05, 0) is 31.6 Å². The molecule has 0 amide bonds. The monoisotopic (exact) mass is 243 g/mol. The van der Waals surface area contributed by atoms with Crippen molar-refractivity contribution in [3.8, 4) is 0 Å². The minimum Gasteiger partial charge on any atom is -0.251 e. The normalized spacial score (nSPS) is 11.0. The molecule has 0 spiro atoms. The largest absolute Gasteiger partial charge is 0.251 e. The molecule has 13 heavy (non-hydrogen) atoms. The highest BCUT2D eigenvalue weighted by atomic mass is 79.9. The molecule has 0 unspecified atom stereocenters. The van der Waals surface area contributed by atoms with E-state index in [0.717, 1.165) is 17.4 Å². The maximum absolute atomic E-state index is 12.8. The van der Waals surface area contributed by atoms with E-state index in [4.69, 9.17) is 0 Å². The number of hydrogen-bond donors (Lipinski definition) is 0. The topological polar surface area (TPSA) is 12.9 Å². The van der Waals surface area contributed by atoms with Gasteiger partial charge < -0.3 is 0 Å². The zero-order valence-corrected chi connectivity index (χ0v) is 9.01. The predicted molar refractivity (Wildman–Crippen MR) is 56.4 cm³/mol. The van der Waals surface area contributed by atoms with Crippen LogP contribution < -0.4 is 0 Å². The SMILES string of the molecule is Cc1nc(C=CCCBr)ccc1F. The number of halogens is 2. The lowest BCUT2D eigenvalue weighted by Crippen LogP contribution is -1.89. The second kappa shape index (κ2) is 5.12. The van der Waals surface area contributed by atoms with Crippen molar-refractivity contribution in [2.75, 3.05) is 5.33 Å². The fourth-order valence-corrected chi connectivity index (χ4v) is 1.19. The Balaban J connectivity index is 2.73. The Morgan fingerprint density at radius 1 is 1.54 bits per heavy atom. The third-order valence-electron chi connectivity index (χ3n) is 1.61. The van der Waals surface area contributed by atoms with E-state index in [1.807, 2.05) is 12.2 Å². The summed E-state index contributed by atoms with van der Waals surface area (Å²) in [6.07, 6.45) is 4.86. The second-order valence-corrected chi connectivity index (χ2v) is 3.48. The van der Waals surface area contributed by atoms with E-state index < -0.39 is 0 Å². The Morgan fingerprint density at radius 3 is 2.92 bits per heavy atom. The molecule has 0 N–H and O–H groups in total. The summed E-state index contributed by atoms with van der Waals surface area (Å²) >= 11 is 3.32. The summed E-state index contributed by atoms with van der Waals surface area (Å²) in [5.41, 5.74) is 1.25. The van der Waals surface area contributed by atoms with Gasteiger partial charge in [0.2, 0.25) is 0 Å². The van der Waals surface area contributed by atoms with Gasteiger partial charge in [0.1, 0.15) is 5.82 Å². The van der Waals surface area contributed by atoms with E-state index in [9.17, 15) is 4.39 Å². The average molecular weight is 244 g/mol. The summed E-state index contributed by atoms with van der Waals surface area (Å²) in [7, 11) is 0. The molecule has 0 atom stereocenters. The molecule has 0 aliphatic carbocycles. The van der Waals surface area contributed by atoms with Crippen molar-refractivity contribution in [3.63, 3.8) is 0 Å². The molecule has 0 saturated heterocycles. The minimum atomic E-state index is -0.252. The molecule has 3 heteroatoms. The molecular formula is C10H11BrFN. The van der Waals surface area contributed by atoms with Crippen molar-refractivity contribution in [2.45, 2.75) is 13.3 Å². The highest BCUT2D eigenvalue weighted by molar-refractivity contribution is 9.09. The fourth-order valence-electron chi connectivity index (χ4n) is 0.923. The Hall–Kier alpha value is -0.700. The van der Waals surface area contributed by atoms with Gasteiger partial charge in [-0.2, -0.15) is 0 Å². The van der Waals surface area contributed by atoms with Crippen molar-refractivity contribution < 1.29 is 4.39 Å². The van der Waals surface area contributed by atoms with Gasteiger partial charge in [0.15, 0.2) is 0 Å². The van der Waals surface area contributed by atoms with Gasteiger partial charge in [-0.1, -0.05) is 22.0 Å². The molecule has 1 nitrogen and oxygen atoms in total. The van der Waals surface area contributed by atoms with Crippen LogP contribution in [0.4, 0.5) is 4.39 Å². The smallest absolute Gasteiger partial charge is 0.144 e. The van der Waals surface area contributed by atoms with E-state index in [-0.39, 0.29) is 5.82 Å². The molecule has 70 valence electrons. The first-order valence-corrected chi connectivity index (χ1v) is 5.22. The number of aryl methyl sites for hydroxylation is 1. The molecule has 0 saturated carbocycles. The third kappa shape index (κ3) is 3.27. The first-order valence-electron chi connectivity index (χ1n) is 4.09. The van der Waals surface area contributed by atoms with Crippen LogP contribution in [0.25, 0.3) is 6.08 Å². The number of aromatic nitrogens is 1. The first kappa shape index (κ1) is 10.4. The summed E-state index contributed by atoms with van der Waals surface area (Å²) in [5.74, 6) is -0.252. The molecule has 1 aromatic heterocycles. The Morgan fingerprint density at radius 2 is 2.31 bits per heavy atom. The summed E-state index contributed by atoms with van der Waals surface area (Å²) in [6, 6.07) is 3.11. The number of allylic oxidation sites excluding steroid dienone is 1. The zero-order valence-electron chi connectivity index (χ0n) is 7.43. The average Bonchev–Trinajstić information content (AvgIpc) is 2.12. The number of hydrogen-bond acceptors (Lipinski definition) is 1. The molecular weight excluding hydrogens is 233 g/mol. The van der Waals surface area contributed by atoms with Gasteiger partial charge in [0.05, 0.1) is 11.4 Å². The predicted octanol–water partition coefficient (Wildman–Crippen LogP) is 3.33. The maximum Gasteiger partial charge on any atom is 0.144 e. The van der Waals surface area contributed by atoms with Crippen LogP contribution >= 0.6 is 15.9 Å². The van der Waals surface area contributed by atoms with Crippen LogP contribution in [0.2, 0.25) is 0 Å². The number of rotatable bonds is 3. The fraction of sp³-hybridized carbons (Fsp3) is 0.300. The van der Waals surface area contributed by atoms with E-state index in [1.165, 1.54) is 6.07 Å². The van der Waals surface area contributed by atoms with Crippen molar-refractivity contribution in [1.29, 1.82) is 0 Å². The number of pyridine rings is 1. The molecule has 0 fully saturated rings. The van der Waals surface area contributed by atoms with Gasteiger partial charge in [-0.3, -0.25) is 4.98 Å². The Kier molecular flexibility index (Phi) is 4.09. The lowest BCUT2D eigenvalue weighted by atomic mass is 10.2. The lowest BCUT2D eigenvalue weighted by Gasteiger charge is -1.96. The van der Waals surface area contributed by atoms with Crippen LogP contribution in [0.3, 0.4) is 0 Å². The van der Waals surface area contributed by atoms with Crippen molar-refractivity contribution >= 4 is 22.0 Å². The van der Waals surface area contributed by atoms with Crippen molar-refractivity contribution in [3.05, 3.63) is 35.4 Å². The summed E-state index contributed by atoms with van der Waals surface area (Å²) < 4.78 is 12.8. The van der Waals surface area contributed by atoms with Crippen LogP contribution in [0.5, 0.6) is 0 Å². The lowest BCUT2D eigenvalue weighted by molar-refractivity contribution is 0.609. The third-order valence-corrected chi connectivity index (χ3v) is 2.07. The van der Waals surface area contributed by atoms with Crippen LogP contribution in [-0.4, -0.2) is 10.3 Å². The van der Waals surface area contributed by atoms with Gasteiger partial charge in [-0.25, -0.2) is 4.39 Å². The number of alkyl halides is 1. The number of nitrogens with zero attached hydrogens (tertiary/aromatic N) is 1. The minimum absolute atomic E-state index is 0.252. The van der Waals surface area contributed by atoms with E-state index in [2.05, 4.69) is 20.9 Å². The van der Waals surface area contributed by atoms with Gasteiger partial charge >= 0.3 is 0 Å². The van der Waals surface area contributed by atoms with Gasteiger partial charge in [0, 0.05) is 5.33 Å². The van der Waals surface area contributed by atoms with E-state index in [0.29, 0.717) is 5.69 Å². The molecule has 0 radical (unpaired) electrons. The molecule has 1 rings (SSSR count). The van der Waals surface area contributed by atoms with Gasteiger partial charge in [-0.15, -0.1) is 0 Å². The first-order chi connectivity index (χ1) is 6.24. The molecule has 0 aromatic carbocycles. The van der Waals surface area contributed by atoms with E-state index >= 15 is 0 Å². The highest BCUT2D eigenvalue weighted by Gasteiger charge is 1.96. The molecule has 1 aromatic rings. The van der Waals surface area contributed by atoms with Crippen molar-refractivity contribution in [2.24, 2.45) is 0 Å². The summed E-state index contributed by atoms with van der Waals surface area (Å²) in [4.78, 5) is 4.07. The second-order valence-electron chi connectivity index (χ2n) is 2.68. The van der Waals surface area contributed by atoms with Crippen molar-refractivity contribution in [1.82, 2.24) is 4.98 Å². The zero-order chi connectivity index (χ0) is 9.68. The molecule has 0 aliphatic heterocycles. The Bertz CT molecular complexity index is 310. The molecule has 0 bridgehead atoms. The van der Waals surface area contributed by atoms with Crippen LogP contribution in [0.15, 0.2) is 18.2 Å². The molecule has 0 aliphatic rings. The van der Waals surface area contributed by atoms with Gasteiger partial charge in [0.25, 0.3) is 0 Å². The summed E-state index contributed by atoms with van der Waals surface area (Å²) in [6.45, 7) is 1.66. The molecule has 1 heterocycles. The maximum atomic E-state index is 12.8. The van der Waals surface area contributed by atoms with Crippen LogP contribution in [0, 0.1) is 12.7 Å². The standard InChI is InChI=1S/C10H11BrFN/c1-8-10(12)6-5-9(13-8)4-2-3-7-11/h2,4-6H,3,7H2,1H3. The summed E-state index contributed by atoms with van der Waals surface area (Å²) in [5, 5.41) is 0.934. The van der Waals surface area contributed by atoms with E-state index in [1.54, 1.807) is 13.0 Å². The Labute approximate surface area is 85.8 Å². The van der Waals surface area contributed by atoms with Crippen LogP contribution in [0.1, 0.15) is 17.8 Å². The highest BCUT2D eigenvalue weighted by Crippen LogP contribution is 2.06. The van der Waals surface area contributed by atoms with Crippen LogP contribution in [-0.2, 0) is 0 Å². The quantitative estimate of drug-likeness (QED) is 0.743.